The lowest BCUT2D eigenvalue weighted by molar-refractivity contribution is -0.121. The molecular weight excluding hydrogens is 210 g/mol. The van der Waals surface area contributed by atoms with Crippen molar-refractivity contribution in [2.45, 2.75) is 25.3 Å². The van der Waals surface area contributed by atoms with Gasteiger partial charge in [0.15, 0.2) is 0 Å². The van der Waals surface area contributed by atoms with E-state index in [4.69, 9.17) is 11.6 Å². The second-order valence-electron chi connectivity index (χ2n) is 4.35. The predicted octanol–water partition coefficient (Wildman–Crippen LogP) is 2.86. The van der Waals surface area contributed by atoms with Gasteiger partial charge in [-0.25, -0.2) is 0 Å². The summed E-state index contributed by atoms with van der Waals surface area (Å²) in [6.07, 6.45) is 3.27. The van der Waals surface area contributed by atoms with Gasteiger partial charge in [0.1, 0.15) is 0 Å². The number of fused-ring (bicyclic) bond motifs is 2. The SMILES string of the molecule is O=C1C2CCC(C2)N1c1ccc(Cl)cc1. The molecular formula is C12H12ClNO. The molecule has 2 aliphatic rings. The molecule has 1 aliphatic carbocycles. The lowest BCUT2D eigenvalue weighted by Crippen LogP contribution is -2.36. The van der Waals surface area contributed by atoms with Crippen LogP contribution in [0.4, 0.5) is 5.69 Å². The Morgan fingerprint density at radius 1 is 1.20 bits per heavy atom. The van der Waals surface area contributed by atoms with Gasteiger partial charge in [-0.2, -0.15) is 0 Å². The minimum absolute atomic E-state index is 0.283. The fourth-order valence-electron chi connectivity index (χ4n) is 2.73. The van der Waals surface area contributed by atoms with Crippen molar-refractivity contribution in [2.75, 3.05) is 4.90 Å². The topological polar surface area (TPSA) is 20.3 Å². The summed E-state index contributed by atoms with van der Waals surface area (Å²) in [5.41, 5.74) is 0.997. The van der Waals surface area contributed by atoms with Crippen molar-refractivity contribution >= 4 is 23.2 Å². The molecule has 3 rings (SSSR count). The monoisotopic (exact) mass is 221 g/mol. The second kappa shape index (κ2) is 3.24. The maximum absolute atomic E-state index is 11.9. The summed E-state index contributed by atoms with van der Waals surface area (Å²) in [6.45, 7) is 0. The van der Waals surface area contributed by atoms with Crippen LogP contribution in [0.2, 0.25) is 5.02 Å². The highest BCUT2D eigenvalue weighted by molar-refractivity contribution is 6.30. The minimum Gasteiger partial charge on any atom is -0.309 e. The Kier molecular flexibility index (Phi) is 1.99. The maximum Gasteiger partial charge on any atom is 0.230 e. The highest BCUT2D eigenvalue weighted by Crippen LogP contribution is 2.41. The molecule has 1 saturated heterocycles. The Morgan fingerprint density at radius 2 is 1.93 bits per heavy atom. The first-order chi connectivity index (χ1) is 7.25. The first kappa shape index (κ1) is 9.22. The number of carbonyl (C=O) groups is 1. The van der Waals surface area contributed by atoms with E-state index >= 15 is 0 Å². The van der Waals surface area contributed by atoms with Gasteiger partial charge in [-0.3, -0.25) is 4.79 Å². The summed E-state index contributed by atoms with van der Waals surface area (Å²) in [7, 11) is 0. The zero-order valence-corrected chi connectivity index (χ0v) is 9.07. The molecule has 0 spiro atoms. The van der Waals surface area contributed by atoms with Crippen LogP contribution in [-0.4, -0.2) is 11.9 Å². The van der Waals surface area contributed by atoms with Crippen LogP contribution in [0.25, 0.3) is 0 Å². The summed E-state index contributed by atoms with van der Waals surface area (Å²) >= 11 is 5.83. The normalized spacial score (nSPS) is 28.9. The standard InChI is InChI=1S/C12H12ClNO/c13-9-2-5-10(6-3-9)14-11-4-1-8(7-11)12(14)15/h2-3,5-6,8,11H,1,4,7H2. The molecule has 2 bridgehead atoms. The third-order valence-electron chi connectivity index (χ3n) is 3.46. The van der Waals surface area contributed by atoms with E-state index in [0.29, 0.717) is 11.9 Å². The van der Waals surface area contributed by atoms with E-state index in [1.165, 1.54) is 0 Å². The molecule has 1 aliphatic heterocycles. The number of anilines is 1. The van der Waals surface area contributed by atoms with Gasteiger partial charge >= 0.3 is 0 Å². The molecule has 1 heterocycles. The number of hydrogen-bond acceptors (Lipinski definition) is 1. The van der Waals surface area contributed by atoms with Crippen molar-refractivity contribution in [1.29, 1.82) is 0 Å². The Morgan fingerprint density at radius 3 is 2.53 bits per heavy atom. The molecule has 0 N–H and O–H groups in total. The zero-order chi connectivity index (χ0) is 10.4. The molecule has 1 aromatic carbocycles. The van der Waals surface area contributed by atoms with Gasteiger partial charge in [0, 0.05) is 22.7 Å². The van der Waals surface area contributed by atoms with E-state index in [1.54, 1.807) is 0 Å². The molecule has 2 nitrogen and oxygen atoms in total. The Hall–Kier alpha value is -1.02. The van der Waals surface area contributed by atoms with Gasteiger partial charge in [-0.15, -0.1) is 0 Å². The average Bonchev–Trinajstić information content (AvgIpc) is 2.80. The third kappa shape index (κ3) is 1.36. The van der Waals surface area contributed by atoms with Gasteiger partial charge in [0.2, 0.25) is 5.91 Å². The molecule has 78 valence electrons. The van der Waals surface area contributed by atoms with Gasteiger partial charge in [-0.05, 0) is 43.5 Å². The molecule has 2 unspecified atom stereocenters. The van der Waals surface area contributed by atoms with E-state index < -0.39 is 0 Å². The smallest absolute Gasteiger partial charge is 0.230 e. The quantitative estimate of drug-likeness (QED) is 0.714. The van der Waals surface area contributed by atoms with Gasteiger partial charge in [0.05, 0.1) is 0 Å². The number of piperidine rings is 1. The third-order valence-corrected chi connectivity index (χ3v) is 3.71. The van der Waals surface area contributed by atoms with E-state index in [2.05, 4.69) is 0 Å². The molecule has 3 heteroatoms. The highest BCUT2D eigenvalue weighted by atomic mass is 35.5. The average molecular weight is 222 g/mol. The van der Waals surface area contributed by atoms with Crippen LogP contribution in [0.15, 0.2) is 24.3 Å². The summed E-state index contributed by atoms with van der Waals surface area (Å²) in [5.74, 6) is 0.583. The van der Waals surface area contributed by atoms with Crippen LogP contribution >= 0.6 is 11.6 Å². The van der Waals surface area contributed by atoms with Crippen molar-refractivity contribution in [1.82, 2.24) is 0 Å². The number of rotatable bonds is 1. The van der Waals surface area contributed by atoms with Gasteiger partial charge in [0.25, 0.3) is 0 Å². The van der Waals surface area contributed by atoms with E-state index in [-0.39, 0.29) is 5.92 Å². The summed E-state index contributed by atoms with van der Waals surface area (Å²) < 4.78 is 0. The van der Waals surface area contributed by atoms with Crippen molar-refractivity contribution in [2.24, 2.45) is 5.92 Å². The van der Waals surface area contributed by atoms with Crippen LogP contribution in [0.1, 0.15) is 19.3 Å². The number of halogens is 1. The Balaban J connectivity index is 1.94. The molecule has 15 heavy (non-hydrogen) atoms. The Bertz CT molecular complexity index is 401. The maximum atomic E-state index is 11.9. The molecule has 1 amide bonds. The van der Waals surface area contributed by atoms with E-state index in [1.807, 2.05) is 29.2 Å². The Labute approximate surface area is 93.8 Å². The highest BCUT2D eigenvalue weighted by Gasteiger charge is 2.45. The first-order valence-corrected chi connectivity index (χ1v) is 5.72. The predicted molar refractivity (Wildman–Crippen MR) is 60.1 cm³/mol. The van der Waals surface area contributed by atoms with E-state index in [0.717, 1.165) is 30.0 Å². The molecule has 2 fully saturated rings. The van der Waals surface area contributed by atoms with Crippen LogP contribution in [0, 0.1) is 5.92 Å². The second-order valence-corrected chi connectivity index (χ2v) is 4.78. The van der Waals surface area contributed by atoms with E-state index in [9.17, 15) is 4.79 Å². The van der Waals surface area contributed by atoms with Crippen molar-refractivity contribution < 1.29 is 4.79 Å². The molecule has 1 saturated carbocycles. The van der Waals surface area contributed by atoms with Crippen molar-refractivity contribution in [3.8, 4) is 0 Å². The van der Waals surface area contributed by atoms with Crippen molar-refractivity contribution in [3.63, 3.8) is 0 Å². The summed E-state index contributed by atoms with van der Waals surface area (Å²) in [6, 6.07) is 7.98. The zero-order valence-electron chi connectivity index (χ0n) is 8.32. The fraction of sp³-hybridized carbons (Fsp3) is 0.417. The van der Waals surface area contributed by atoms with Crippen LogP contribution in [-0.2, 0) is 4.79 Å². The lowest BCUT2D eigenvalue weighted by atomic mass is 10.1. The summed E-state index contributed by atoms with van der Waals surface area (Å²) in [5, 5.41) is 0.718. The van der Waals surface area contributed by atoms with Crippen LogP contribution in [0.3, 0.4) is 0 Å². The molecule has 0 radical (unpaired) electrons. The number of carbonyl (C=O) groups excluding carboxylic acids is 1. The number of amides is 1. The van der Waals surface area contributed by atoms with Crippen LogP contribution in [0.5, 0.6) is 0 Å². The molecule has 2 atom stereocenters. The fourth-order valence-corrected chi connectivity index (χ4v) is 2.86. The number of benzene rings is 1. The van der Waals surface area contributed by atoms with Crippen LogP contribution < -0.4 is 4.90 Å². The van der Waals surface area contributed by atoms with Crippen molar-refractivity contribution in [3.05, 3.63) is 29.3 Å². The first-order valence-electron chi connectivity index (χ1n) is 5.34. The number of hydrogen-bond donors (Lipinski definition) is 0. The molecule has 0 aromatic heterocycles. The van der Waals surface area contributed by atoms with Gasteiger partial charge < -0.3 is 4.90 Å². The summed E-state index contributed by atoms with van der Waals surface area (Å²) in [4.78, 5) is 13.9. The lowest BCUT2D eigenvalue weighted by Gasteiger charge is -2.27. The molecule has 1 aromatic rings. The largest absolute Gasteiger partial charge is 0.309 e. The minimum atomic E-state index is 0.283. The van der Waals surface area contributed by atoms with Gasteiger partial charge in [-0.1, -0.05) is 11.6 Å². The number of nitrogens with zero attached hydrogens (tertiary/aromatic N) is 1.